The smallest absolute Gasteiger partial charge is 0.224 e. The number of anilines is 1. The van der Waals surface area contributed by atoms with Crippen LogP contribution in [0.15, 0.2) is 23.3 Å². The first kappa shape index (κ1) is 10.5. The van der Waals surface area contributed by atoms with Crippen LogP contribution in [-0.4, -0.2) is 10.9 Å². The normalized spacial score (nSPS) is 9.79. The van der Waals surface area contributed by atoms with Crippen molar-refractivity contribution in [2.45, 2.75) is 26.2 Å². The third kappa shape index (κ3) is 3.05. The fourth-order valence-electron chi connectivity index (χ4n) is 1.06. The van der Waals surface area contributed by atoms with Crippen molar-refractivity contribution >= 4 is 11.6 Å². The summed E-state index contributed by atoms with van der Waals surface area (Å²) >= 11 is 0. The van der Waals surface area contributed by atoms with Gasteiger partial charge in [0.05, 0.1) is 0 Å². The summed E-state index contributed by atoms with van der Waals surface area (Å²) in [5.74, 6) is -0.108. The van der Waals surface area contributed by atoms with Gasteiger partial charge >= 0.3 is 0 Å². The molecule has 14 heavy (non-hydrogen) atoms. The van der Waals surface area contributed by atoms with E-state index in [0.29, 0.717) is 12.1 Å². The van der Waals surface area contributed by atoms with E-state index in [2.05, 4.69) is 10.3 Å². The molecule has 1 aromatic heterocycles. The summed E-state index contributed by atoms with van der Waals surface area (Å²) in [6.07, 6.45) is 5.30. The zero-order chi connectivity index (χ0) is 10.4. The molecule has 4 nitrogen and oxygen atoms in total. The Bertz CT molecular complexity index is 357. The summed E-state index contributed by atoms with van der Waals surface area (Å²) < 4.78 is 0. The molecule has 0 saturated heterocycles. The molecular formula is C10H14N2O2. The van der Waals surface area contributed by atoms with Gasteiger partial charge in [-0.05, 0) is 6.42 Å². The van der Waals surface area contributed by atoms with E-state index in [1.165, 1.54) is 18.5 Å². The average molecular weight is 194 g/mol. The van der Waals surface area contributed by atoms with E-state index < -0.39 is 0 Å². The summed E-state index contributed by atoms with van der Waals surface area (Å²) in [7, 11) is 0. The Labute approximate surface area is 82.3 Å². The minimum Gasteiger partial charge on any atom is -0.366 e. The molecule has 0 aliphatic carbocycles. The fourth-order valence-corrected chi connectivity index (χ4v) is 1.06. The maximum absolute atomic E-state index is 11.3. The van der Waals surface area contributed by atoms with Crippen LogP contribution in [0.4, 0.5) is 5.69 Å². The Kier molecular flexibility index (Phi) is 3.91. The summed E-state index contributed by atoms with van der Waals surface area (Å²) in [4.78, 5) is 25.2. The molecule has 0 bridgehead atoms. The first-order valence-corrected chi connectivity index (χ1v) is 4.71. The largest absolute Gasteiger partial charge is 0.366 e. The highest BCUT2D eigenvalue weighted by Crippen LogP contribution is 1.99. The van der Waals surface area contributed by atoms with Gasteiger partial charge in [0.2, 0.25) is 11.3 Å². The molecule has 0 aliphatic heterocycles. The van der Waals surface area contributed by atoms with Gasteiger partial charge < -0.3 is 10.3 Å². The zero-order valence-corrected chi connectivity index (χ0v) is 8.17. The number of pyridine rings is 1. The summed E-state index contributed by atoms with van der Waals surface area (Å²) in [6.45, 7) is 2.02. The predicted octanol–water partition coefficient (Wildman–Crippen LogP) is 1.50. The monoisotopic (exact) mass is 194 g/mol. The lowest BCUT2D eigenvalue weighted by molar-refractivity contribution is -0.116. The highest BCUT2D eigenvalue weighted by molar-refractivity contribution is 5.90. The van der Waals surface area contributed by atoms with Crippen molar-refractivity contribution in [3.05, 3.63) is 28.7 Å². The van der Waals surface area contributed by atoms with E-state index in [9.17, 15) is 9.59 Å². The maximum Gasteiger partial charge on any atom is 0.224 e. The van der Waals surface area contributed by atoms with Crippen molar-refractivity contribution in [1.82, 2.24) is 4.98 Å². The Morgan fingerprint density at radius 2 is 2.36 bits per heavy atom. The number of rotatable bonds is 4. The Balaban J connectivity index is 2.56. The van der Waals surface area contributed by atoms with Crippen LogP contribution in [0.25, 0.3) is 0 Å². The average Bonchev–Trinajstić information content (AvgIpc) is 2.18. The number of H-pyrrole nitrogens is 1. The highest BCUT2D eigenvalue weighted by atomic mass is 16.2. The second kappa shape index (κ2) is 5.21. The summed E-state index contributed by atoms with van der Waals surface area (Å²) in [5.41, 5.74) is 0.141. The molecule has 1 aromatic rings. The van der Waals surface area contributed by atoms with Crippen molar-refractivity contribution < 1.29 is 4.79 Å². The molecule has 4 heteroatoms. The standard InChI is InChI=1S/C10H14N2O2/c1-2-3-4-10(14)12-8-7-11-6-5-9(8)13/h5-7H,2-4H2,1H3,(H,11,13)(H,12,14). The molecule has 0 aliphatic rings. The van der Waals surface area contributed by atoms with Crippen LogP contribution >= 0.6 is 0 Å². The lowest BCUT2D eigenvalue weighted by Crippen LogP contribution is -2.17. The molecule has 0 radical (unpaired) electrons. The van der Waals surface area contributed by atoms with E-state index in [1.807, 2.05) is 6.92 Å². The highest BCUT2D eigenvalue weighted by Gasteiger charge is 2.03. The molecule has 0 aromatic carbocycles. The van der Waals surface area contributed by atoms with Crippen molar-refractivity contribution in [2.24, 2.45) is 0 Å². The van der Waals surface area contributed by atoms with Gasteiger partial charge in [0, 0.05) is 24.9 Å². The van der Waals surface area contributed by atoms with Crippen molar-refractivity contribution in [3.8, 4) is 0 Å². The fraction of sp³-hybridized carbons (Fsp3) is 0.400. The van der Waals surface area contributed by atoms with Crippen LogP contribution in [0.1, 0.15) is 26.2 Å². The maximum atomic E-state index is 11.3. The van der Waals surface area contributed by atoms with E-state index in [1.54, 1.807) is 0 Å². The molecule has 0 spiro atoms. The molecule has 0 saturated carbocycles. The predicted molar refractivity (Wildman–Crippen MR) is 55.2 cm³/mol. The number of carbonyl (C=O) groups is 1. The first-order valence-electron chi connectivity index (χ1n) is 4.71. The van der Waals surface area contributed by atoms with Gasteiger partial charge in [0.1, 0.15) is 5.69 Å². The van der Waals surface area contributed by atoms with E-state index in [0.717, 1.165) is 12.8 Å². The van der Waals surface area contributed by atoms with Crippen molar-refractivity contribution in [3.63, 3.8) is 0 Å². The van der Waals surface area contributed by atoms with Gasteiger partial charge in [-0.1, -0.05) is 13.3 Å². The second-order valence-corrected chi connectivity index (χ2v) is 3.07. The molecule has 0 atom stereocenters. The van der Waals surface area contributed by atoms with E-state index >= 15 is 0 Å². The topological polar surface area (TPSA) is 62.0 Å². The van der Waals surface area contributed by atoms with E-state index in [4.69, 9.17) is 0 Å². The lowest BCUT2D eigenvalue weighted by atomic mass is 10.2. The zero-order valence-electron chi connectivity index (χ0n) is 8.17. The number of hydrogen-bond donors (Lipinski definition) is 2. The summed E-state index contributed by atoms with van der Waals surface area (Å²) in [5, 5.41) is 2.56. The molecule has 1 amide bonds. The van der Waals surface area contributed by atoms with Crippen LogP contribution in [0.5, 0.6) is 0 Å². The van der Waals surface area contributed by atoms with Crippen LogP contribution in [-0.2, 0) is 4.79 Å². The van der Waals surface area contributed by atoms with Crippen LogP contribution < -0.4 is 10.7 Å². The van der Waals surface area contributed by atoms with Gasteiger partial charge in [0.25, 0.3) is 0 Å². The van der Waals surface area contributed by atoms with Gasteiger partial charge in [-0.25, -0.2) is 0 Å². The Morgan fingerprint density at radius 3 is 3.00 bits per heavy atom. The molecule has 2 N–H and O–H groups in total. The lowest BCUT2D eigenvalue weighted by Gasteiger charge is -2.02. The molecular weight excluding hydrogens is 180 g/mol. The number of aromatic amines is 1. The van der Waals surface area contributed by atoms with Crippen molar-refractivity contribution in [2.75, 3.05) is 5.32 Å². The van der Waals surface area contributed by atoms with Crippen molar-refractivity contribution in [1.29, 1.82) is 0 Å². The number of amides is 1. The number of hydrogen-bond acceptors (Lipinski definition) is 2. The Hall–Kier alpha value is -1.58. The molecule has 0 unspecified atom stereocenters. The van der Waals surface area contributed by atoms with Gasteiger partial charge in [0.15, 0.2) is 0 Å². The third-order valence-electron chi connectivity index (χ3n) is 1.86. The molecule has 1 heterocycles. The van der Waals surface area contributed by atoms with E-state index in [-0.39, 0.29) is 11.3 Å². The minimum atomic E-state index is -0.173. The summed E-state index contributed by atoms with van der Waals surface area (Å²) in [6, 6.07) is 1.38. The molecule has 0 fully saturated rings. The minimum absolute atomic E-state index is 0.108. The third-order valence-corrected chi connectivity index (χ3v) is 1.86. The number of nitrogens with one attached hydrogen (secondary N) is 2. The van der Waals surface area contributed by atoms with Crippen LogP contribution in [0, 0.1) is 0 Å². The SMILES string of the molecule is CCCCC(=O)Nc1c[nH]ccc1=O. The second-order valence-electron chi connectivity index (χ2n) is 3.07. The molecule has 1 rings (SSSR count). The number of carbonyl (C=O) groups excluding carboxylic acids is 1. The first-order chi connectivity index (χ1) is 6.74. The van der Waals surface area contributed by atoms with Gasteiger partial charge in [-0.3, -0.25) is 9.59 Å². The van der Waals surface area contributed by atoms with Crippen LogP contribution in [0.3, 0.4) is 0 Å². The van der Waals surface area contributed by atoms with Gasteiger partial charge in [-0.2, -0.15) is 0 Å². The molecule has 76 valence electrons. The van der Waals surface area contributed by atoms with Gasteiger partial charge in [-0.15, -0.1) is 0 Å². The quantitative estimate of drug-likeness (QED) is 0.763. The number of aromatic nitrogens is 1. The Morgan fingerprint density at radius 1 is 1.57 bits per heavy atom. The number of unbranched alkanes of at least 4 members (excludes halogenated alkanes) is 1. The van der Waals surface area contributed by atoms with Crippen LogP contribution in [0.2, 0.25) is 0 Å².